The van der Waals surface area contributed by atoms with E-state index in [0.29, 0.717) is 19.8 Å². The number of imide groups is 1. The van der Waals surface area contributed by atoms with Crippen LogP contribution < -0.4 is 0 Å². The van der Waals surface area contributed by atoms with Gasteiger partial charge in [0.15, 0.2) is 0 Å². The van der Waals surface area contributed by atoms with Gasteiger partial charge in [0, 0.05) is 11.8 Å². The molecule has 1 aliphatic heterocycles. The molecular formula is C11H12F3NO4. The summed E-state index contributed by atoms with van der Waals surface area (Å²) in [5.74, 6) is -5.66. The molecule has 3 atom stereocenters. The summed E-state index contributed by atoms with van der Waals surface area (Å²) >= 11 is 0. The Bertz CT molecular complexity index is 439. The first-order valence-corrected chi connectivity index (χ1v) is 5.78. The van der Waals surface area contributed by atoms with Gasteiger partial charge < -0.3 is 5.11 Å². The first kappa shape index (κ1) is 13.8. The quantitative estimate of drug-likeness (QED) is 0.770. The molecule has 1 saturated carbocycles. The number of aliphatic carboxylic acids is 1. The fraction of sp³-hybridized carbons (Fsp3) is 0.727. The summed E-state index contributed by atoms with van der Waals surface area (Å²) in [5.41, 5.74) is -3.50. The van der Waals surface area contributed by atoms with Gasteiger partial charge >= 0.3 is 12.1 Å². The summed E-state index contributed by atoms with van der Waals surface area (Å²) in [6, 6.07) is 0. The molecule has 0 aromatic heterocycles. The third-order valence-electron chi connectivity index (χ3n) is 3.99. The molecule has 19 heavy (non-hydrogen) atoms. The molecule has 2 aliphatic rings. The standard InChI is InChI=1S/C11H12F3NO4/c1-10(9(18)19,11(12,13)14)15-7(16)5-2-3-6(4-5)8(15)17/h5-6H,2-4H2,1H3,(H,18,19). The smallest absolute Gasteiger partial charge is 0.422 e. The molecule has 0 spiro atoms. The Kier molecular flexibility index (Phi) is 2.87. The van der Waals surface area contributed by atoms with E-state index < -0.39 is 41.3 Å². The van der Waals surface area contributed by atoms with Crippen molar-refractivity contribution in [2.24, 2.45) is 11.8 Å². The number of carbonyl (C=O) groups excluding carboxylic acids is 2. The minimum absolute atomic E-state index is 0.0822. The second kappa shape index (κ2) is 3.94. The van der Waals surface area contributed by atoms with Crippen LogP contribution in [0.3, 0.4) is 0 Å². The van der Waals surface area contributed by atoms with Crippen LogP contribution in [0.1, 0.15) is 26.2 Å². The molecule has 2 rings (SSSR count). The Morgan fingerprint density at radius 3 is 1.95 bits per heavy atom. The van der Waals surface area contributed by atoms with Crippen molar-refractivity contribution in [3.05, 3.63) is 0 Å². The lowest BCUT2D eigenvalue weighted by Gasteiger charge is -2.41. The molecule has 0 aromatic rings. The highest BCUT2D eigenvalue weighted by molar-refractivity contribution is 6.05. The predicted octanol–water partition coefficient (Wildman–Crippen LogP) is 1.18. The molecule has 106 valence electrons. The Labute approximate surface area is 106 Å². The molecule has 1 heterocycles. The Morgan fingerprint density at radius 1 is 1.21 bits per heavy atom. The number of hydrogen-bond acceptors (Lipinski definition) is 3. The number of carbonyl (C=O) groups is 3. The molecule has 3 unspecified atom stereocenters. The second-order valence-corrected chi connectivity index (χ2v) is 5.09. The largest absolute Gasteiger partial charge is 0.479 e. The van der Waals surface area contributed by atoms with Crippen LogP contribution in [-0.4, -0.2) is 39.5 Å². The number of carboxylic acids is 1. The highest BCUT2D eigenvalue weighted by Gasteiger charge is 2.67. The number of nitrogens with zero attached hydrogens (tertiary/aromatic N) is 1. The molecule has 2 bridgehead atoms. The lowest BCUT2D eigenvalue weighted by molar-refractivity contribution is -0.235. The minimum atomic E-state index is -5.22. The van der Waals surface area contributed by atoms with Crippen molar-refractivity contribution in [2.45, 2.75) is 37.9 Å². The number of piperidine rings is 1. The van der Waals surface area contributed by atoms with Gasteiger partial charge in [-0.2, -0.15) is 13.2 Å². The molecule has 2 fully saturated rings. The zero-order chi connectivity index (χ0) is 14.6. The molecule has 0 aromatic carbocycles. The molecule has 5 nitrogen and oxygen atoms in total. The molecular weight excluding hydrogens is 267 g/mol. The van der Waals surface area contributed by atoms with E-state index in [1.54, 1.807) is 0 Å². The summed E-state index contributed by atoms with van der Waals surface area (Å²) in [4.78, 5) is 34.8. The van der Waals surface area contributed by atoms with Crippen LogP contribution in [0.5, 0.6) is 0 Å². The lowest BCUT2D eigenvalue weighted by Crippen LogP contribution is -2.68. The van der Waals surface area contributed by atoms with Crippen LogP contribution in [-0.2, 0) is 14.4 Å². The molecule has 0 radical (unpaired) electrons. The van der Waals surface area contributed by atoms with Gasteiger partial charge in [-0.1, -0.05) is 0 Å². The fourth-order valence-corrected chi connectivity index (χ4v) is 2.69. The van der Waals surface area contributed by atoms with Crippen molar-refractivity contribution in [3.8, 4) is 0 Å². The zero-order valence-corrected chi connectivity index (χ0v) is 10.0. The van der Waals surface area contributed by atoms with Crippen LogP contribution in [0, 0.1) is 11.8 Å². The van der Waals surface area contributed by atoms with E-state index in [2.05, 4.69) is 0 Å². The van der Waals surface area contributed by atoms with Gasteiger partial charge in [0.2, 0.25) is 17.4 Å². The number of fused-ring (bicyclic) bond motifs is 2. The van der Waals surface area contributed by atoms with Crippen molar-refractivity contribution < 1.29 is 32.7 Å². The maximum atomic E-state index is 13.0. The number of likely N-dealkylation sites (tertiary alicyclic amines) is 1. The van der Waals surface area contributed by atoms with Crippen LogP contribution in [0.2, 0.25) is 0 Å². The van der Waals surface area contributed by atoms with Crippen molar-refractivity contribution in [1.82, 2.24) is 4.90 Å². The number of rotatable bonds is 2. The van der Waals surface area contributed by atoms with E-state index in [1.807, 2.05) is 0 Å². The average molecular weight is 279 g/mol. The van der Waals surface area contributed by atoms with Gasteiger partial charge in [0.25, 0.3) is 0 Å². The fourth-order valence-electron chi connectivity index (χ4n) is 2.69. The van der Waals surface area contributed by atoms with Crippen molar-refractivity contribution in [3.63, 3.8) is 0 Å². The zero-order valence-electron chi connectivity index (χ0n) is 10.0. The summed E-state index contributed by atoms with van der Waals surface area (Å²) in [6.07, 6.45) is -4.33. The Hall–Kier alpha value is -1.60. The van der Waals surface area contributed by atoms with E-state index in [9.17, 15) is 27.6 Å². The van der Waals surface area contributed by atoms with E-state index in [1.165, 1.54) is 0 Å². The Balaban J connectivity index is 2.51. The van der Waals surface area contributed by atoms with Crippen LogP contribution in [0.4, 0.5) is 13.2 Å². The summed E-state index contributed by atoms with van der Waals surface area (Å²) in [7, 11) is 0. The van der Waals surface area contributed by atoms with Gasteiger partial charge in [0.05, 0.1) is 0 Å². The summed E-state index contributed by atoms with van der Waals surface area (Å²) in [6.45, 7) is 0.357. The first-order chi connectivity index (χ1) is 8.60. The predicted molar refractivity (Wildman–Crippen MR) is 54.8 cm³/mol. The van der Waals surface area contributed by atoms with Crippen molar-refractivity contribution in [2.75, 3.05) is 0 Å². The van der Waals surface area contributed by atoms with E-state index in [-0.39, 0.29) is 11.3 Å². The molecule has 1 aliphatic carbocycles. The number of hydrogen-bond donors (Lipinski definition) is 1. The second-order valence-electron chi connectivity index (χ2n) is 5.09. The van der Waals surface area contributed by atoms with Crippen LogP contribution >= 0.6 is 0 Å². The van der Waals surface area contributed by atoms with Crippen LogP contribution in [0.25, 0.3) is 0 Å². The highest BCUT2D eigenvalue weighted by atomic mass is 19.4. The molecule has 1 saturated heterocycles. The van der Waals surface area contributed by atoms with Crippen molar-refractivity contribution in [1.29, 1.82) is 0 Å². The lowest BCUT2D eigenvalue weighted by atomic mass is 9.89. The maximum Gasteiger partial charge on any atom is 0.422 e. The van der Waals surface area contributed by atoms with Crippen LogP contribution in [0.15, 0.2) is 0 Å². The third-order valence-corrected chi connectivity index (χ3v) is 3.99. The monoisotopic (exact) mass is 279 g/mol. The first-order valence-electron chi connectivity index (χ1n) is 5.78. The molecule has 1 N–H and O–H groups in total. The summed E-state index contributed by atoms with van der Waals surface area (Å²) < 4.78 is 39.1. The summed E-state index contributed by atoms with van der Waals surface area (Å²) in [5, 5.41) is 8.88. The number of halogens is 3. The third kappa shape index (κ3) is 1.73. The van der Waals surface area contributed by atoms with E-state index in [0.717, 1.165) is 0 Å². The minimum Gasteiger partial charge on any atom is -0.479 e. The number of amides is 2. The van der Waals surface area contributed by atoms with Gasteiger partial charge in [-0.05, 0) is 26.2 Å². The topological polar surface area (TPSA) is 74.7 Å². The molecule has 2 amide bonds. The van der Waals surface area contributed by atoms with Gasteiger partial charge in [-0.15, -0.1) is 0 Å². The van der Waals surface area contributed by atoms with Gasteiger partial charge in [-0.25, -0.2) is 4.79 Å². The van der Waals surface area contributed by atoms with E-state index >= 15 is 0 Å². The van der Waals surface area contributed by atoms with Crippen molar-refractivity contribution >= 4 is 17.8 Å². The maximum absolute atomic E-state index is 13.0. The normalized spacial score (nSPS) is 30.4. The highest BCUT2D eigenvalue weighted by Crippen LogP contribution is 2.45. The van der Waals surface area contributed by atoms with Gasteiger partial charge in [0.1, 0.15) is 0 Å². The van der Waals surface area contributed by atoms with Gasteiger partial charge in [-0.3, -0.25) is 14.5 Å². The Morgan fingerprint density at radius 2 is 1.63 bits per heavy atom. The average Bonchev–Trinajstić information content (AvgIpc) is 2.71. The SMILES string of the molecule is CC(C(=O)O)(N1C(=O)C2CCC(C2)C1=O)C(F)(F)F. The van der Waals surface area contributed by atoms with E-state index in [4.69, 9.17) is 5.11 Å². The molecule has 8 heteroatoms. The number of alkyl halides is 3. The number of carboxylic acid groups (broad SMARTS) is 1.